The van der Waals surface area contributed by atoms with E-state index in [9.17, 15) is 13.2 Å². The summed E-state index contributed by atoms with van der Waals surface area (Å²) in [4.78, 5) is 3.67. The molecule has 0 saturated carbocycles. The first kappa shape index (κ1) is 13.8. The van der Waals surface area contributed by atoms with E-state index < -0.39 is 12.0 Å². The summed E-state index contributed by atoms with van der Waals surface area (Å²) >= 11 is 5.87. The van der Waals surface area contributed by atoms with Gasteiger partial charge in [-0.15, -0.1) is 0 Å². The molecule has 2 aromatic carbocycles. The van der Waals surface area contributed by atoms with E-state index in [-0.39, 0.29) is 5.52 Å². The van der Waals surface area contributed by atoms with Gasteiger partial charge in [0.05, 0.1) is 11.0 Å². The quantitative estimate of drug-likeness (QED) is 0.682. The van der Waals surface area contributed by atoms with Crippen LogP contribution in [0.4, 0.5) is 18.9 Å². The number of anilines is 1. The minimum Gasteiger partial charge on any atom is -0.399 e. The molecule has 0 aliphatic rings. The number of imidazole rings is 1. The van der Waals surface area contributed by atoms with Crippen LogP contribution in [0.1, 0.15) is 5.82 Å². The molecule has 0 fully saturated rings. The Bertz CT molecular complexity index is 824. The van der Waals surface area contributed by atoms with Crippen molar-refractivity contribution in [2.75, 3.05) is 5.73 Å². The topological polar surface area (TPSA) is 43.8 Å². The number of hydrogen-bond donors (Lipinski definition) is 1. The van der Waals surface area contributed by atoms with Crippen molar-refractivity contribution in [3.63, 3.8) is 0 Å². The van der Waals surface area contributed by atoms with Crippen molar-refractivity contribution >= 4 is 28.3 Å². The minimum absolute atomic E-state index is 0.183. The molecule has 0 atom stereocenters. The summed E-state index contributed by atoms with van der Waals surface area (Å²) < 4.78 is 40.7. The summed E-state index contributed by atoms with van der Waals surface area (Å²) in [5.74, 6) is -1.01. The van der Waals surface area contributed by atoms with E-state index in [0.717, 1.165) is 4.57 Å². The maximum absolute atomic E-state index is 13.2. The Labute approximate surface area is 122 Å². The van der Waals surface area contributed by atoms with Gasteiger partial charge in [0.2, 0.25) is 5.82 Å². The maximum atomic E-state index is 13.2. The van der Waals surface area contributed by atoms with Crippen molar-refractivity contribution < 1.29 is 13.2 Å². The van der Waals surface area contributed by atoms with Crippen molar-refractivity contribution in [1.29, 1.82) is 0 Å². The third-order valence-corrected chi connectivity index (χ3v) is 3.23. The van der Waals surface area contributed by atoms with Crippen LogP contribution in [0.5, 0.6) is 0 Å². The molecule has 0 aliphatic heterocycles. The van der Waals surface area contributed by atoms with Crippen LogP contribution in [0, 0.1) is 0 Å². The van der Waals surface area contributed by atoms with Gasteiger partial charge in [-0.1, -0.05) is 17.7 Å². The number of hydrogen-bond acceptors (Lipinski definition) is 2. The van der Waals surface area contributed by atoms with Crippen molar-refractivity contribution in [3.05, 3.63) is 53.3 Å². The van der Waals surface area contributed by atoms with Gasteiger partial charge in [0.1, 0.15) is 0 Å². The zero-order valence-corrected chi connectivity index (χ0v) is 11.3. The predicted molar refractivity (Wildman–Crippen MR) is 75.5 cm³/mol. The maximum Gasteiger partial charge on any atom is 0.450 e. The zero-order chi connectivity index (χ0) is 15.2. The van der Waals surface area contributed by atoms with Gasteiger partial charge in [-0.3, -0.25) is 4.57 Å². The van der Waals surface area contributed by atoms with Crippen LogP contribution in [0.25, 0.3) is 16.7 Å². The number of nitrogens with two attached hydrogens (primary N) is 1. The Morgan fingerprint density at radius 1 is 1.10 bits per heavy atom. The van der Waals surface area contributed by atoms with Crippen LogP contribution < -0.4 is 5.73 Å². The summed E-state index contributed by atoms with van der Waals surface area (Å²) in [6.45, 7) is 0. The molecule has 0 saturated heterocycles. The van der Waals surface area contributed by atoms with E-state index in [1.807, 2.05) is 0 Å². The summed E-state index contributed by atoms with van der Waals surface area (Å²) in [5, 5.41) is 0.345. The molecule has 1 heterocycles. The fourth-order valence-corrected chi connectivity index (χ4v) is 2.35. The van der Waals surface area contributed by atoms with Crippen LogP contribution in [0.2, 0.25) is 5.02 Å². The monoisotopic (exact) mass is 311 g/mol. The van der Waals surface area contributed by atoms with Gasteiger partial charge in [0, 0.05) is 16.4 Å². The van der Waals surface area contributed by atoms with Gasteiger partial charge in [-0.05, 0) is 36.4 Å². The molecule has 7 heteroatoms. The molecule has 21 heavy (non-hydrogen) atoms. The van der Waals surface area contributed by atoms with Gasteiger partial charge in [0.15, 0.2) is 0 Å². The van der Waals surface area contributed by atoms with Gasteiger partial charge in [0.25, 0.3) is 0 Å². The number of fused-ring (bicyclic) bond motifs is 1. The Kier molecular flexibility index (Phi) is 3.06. The number of benzene rings is 2. The molecular formula is C14H9ClF3N3. The second-order valence-electron chi connectivity index (χ2n) is 4.50. The van der Waals surface area contributed by atoms with Crippen LogP contribution in [0.15, 0.2) is 42.5 Å². The second kappa shape index (κ2) is 4.66. The van der Waals surface area contributed by atoms with Crippen molar-refractivity contribution in [1.82, 2.24) is 9.55 Å². The lowest BCUT2D eigenvalue weighted by molar-refractivity contribution is -0.145. The minimum atomic E-state index is -4.59. The molecular weight excluding hydrogens is 303 g/mol. The highest BCUT2D eigenvalue weighted by Gasteiger charge is 2.38. The summed E-state index contributed by atoms with van der Waals surface area (Å²) in [5.41, 5.74) is 6.75. The van der Waals surface area contributed by atoms with Gasteiger partial charge >= 0.3 is 6.18 Å². The van der Waals surface area contributed by atoms with E-state index in [0.29, 0.717) is 21.9 Å². The average molecular weight is 312 g/mol. The van der Waals surface area contributed by atoms with Gasteiger partial charge in [-0.2, -0.15) is 13.2 Å². The fraction of sp³-hybridized carbons (Fsp3) is 0.0714. The van der Waals surface area contributed by atoms with Crippen molar-refractivity contribution in [3.8, 4) is 5.69 Å². The van der Waals surface area contributed by atoms with Crippen LogP contribution >= 0.6 is 11.6 Å². The molecule has 3 nitrogen and oxygen atoms in total. The largest absolute Gasteiger partial charge is 0.450 e. The Morgan fingerprint density at radius 2 is 1.86 bits per heavy atom. The van der Waals surface area contributed by atoms with Crippen LogP contribution in [-0.2, 0) is 6.18 Å². The van der Waals surface area contributed by atoms with Crippen molar-refractivity contribution in [2.24, 2.45) is 0 Å². The molecule has 2 N–H and O–H groups in total. The first-order chi connectivity index (χ1) is 9.86. The smallest absolute Gasteiger partial charge is 0.399 e. The highest BCUT2D eigenvalue weighted by molar-refractivity contribution is 6.30. The standard InChI is InChI=1S/C14H9ClF3N3/c15-8-2-1-3-10(6-8)21-12-5-4-9(19)7-11(12)20-13(21)14(16,17)18/h1-7H,19H2. The zero-order valence-electron chi connectivity index (χ0n) is 10.5. The highest BCUT2D eigenvalue weighted by atomic mass is 35.5. The summed E-state index contributed by atoms with van der Waals surface area (Å²) in [6.07, 6.45) is -4.59. The van der Waals surface area contributed by atoms with E-state index in [1.54, 1.807) is 18.2 Å². The lowest BCUT2D eigenvalue weighted by Gasteiger charge is -2.11. The number of nitrogen functional groups attached to an aromatic ring is 1. The number of halogens is 4. The Hall–Kier alpha value is -2.21. The van der Waals surface area contributed by atoms with E-state index in [4.69, 9.17) is 17.3 Å². The van der Waals surface area contributed by atoms with Gasteiger partial charge < -0.3 is 5.73 Å². The third kappa shape index (κ3) is 2.42. The second-order valence-corrected chi connectivity index (χ2v) is 4.93. The number of rotatable bonds is 1. The normalized spacial score (nSPS) is 12.0. The molecule has 1 aromatic heterocycles. The molecule has 3 rings (SSSR count). The molecule has 0 aliphatic carbocycles. The lowest BCUT2D eigenvalue weighted by Crippen LogP contribution is -2.13. The average Bonchev–Trinajstić information content (AvgIpc) is 2.77. The number of nitrogens with zero attached hydrogens (tertiary/aromatic N) is 2. The van der Waals surface area contributed by atoms with E-state index in [2.05, 4.69) is 4.98 Å². The molecule has 0 amide bonds. The predicted octanol–water partition coefficient (Wildman–Crippen LogP) is 4.28. The Morgan fingerprint density at radius 3 is 2.52 bits per heavy atom. The molecule has 0 radical (unpaired) electrons. The highest BCUT2D eigenvalue weighted by Crippen LogP contribution is 2.34. The van der Waals surface area contributed by atoms with E-state index in [1.165, 1.54) is 24.3 Å². The van der Waals surface area contributed by atoms with Crippen LogP contribution in [-0.4, -0.2) is 9.55 Å². The molecule has 0 unspecified atom stereocenters. The fourth-order valence-electron chi connectivity index (χ4n) is 2.16. The van der Waals surface area contributed by atoms with Crippen LogP contribution in [0.3, 0.4) is 0 Å². The molecule has 3 aromatic rings. The lowest BCUT2D eigenvalue weighted by atomic mass is 10.2. The molecule has 108 valence electrons. The first-order valence-corrected chi connectivity index (χ1v) is 6.35. The van der Waals surface area contributed by atoms with Crippen molar-refractivity contribution in [2.45, 2.75) is 6.18 Å². The first-order valence-electron chi connectivity index (χ1n) is 5.97. The number of alkyl halides is 3. The molecule has 0 bridgehead atoms. The summed E-state index contributed by atoms with van der Waals surface area (Å²) in [7, 11) is 0. The van der Waals surface area contributed by atoms with Gasteiger partial charge in [-0.25, -0.2) is 4.98 Å². The number of aromatic nitrogens is 2. The summed E-state index contributed by atoms with van der Waals surface area (Å²) in [6, 6.07) is 10.6. The van der Waals surface area contributed by atoms with E-state index >= 15 is 0 Å². The Balaban J connectivity index is 2.38. The third-order valence-electron chi connectivity index (χ3n) is 3.00. The molecule has 0 spiro atoms. The SMILES string of the molecule is Nc1ccc2c(c1)nc(C(F)(F)F)n2-c1cccc(Cl)c1.